The van der Waals surface area contributed by atoms with E-state index in [1.54, 1.807) is 0 Å². The minimum Gasteiger partial charge on any atom is -0.342 e. The molecule has 0 saturated carbocycles. The van der Waals surface area contributed by atoms with Crippen LogP contribution in [0.5, 0.6) is 0 Å². The normalized spacial score (nSPS) is 10.3. The molecule has 0 aliphatic carbocycles. The summed E-state index contributed by atoms with van der Waals surface area (Å²) in [6.07, 6.45) is 0. The molecule has 2 rings (SSSR count). The lowest BCUT2D eigenvalue weighted by Crippen LogP contribution is -2.15. The summed E-state index contributed by atoms with van der Waals surface area (Å²) in [4.78, 5) is 2.28. The summed E-state index contributed by atoms with van der Waals surface area (Å²) in [6.45, 7) is 3.10. The molecule has 0 bridgehead atoms. The minimum absolute atomic E-state index is 0.943. The van der Waals surface area contributed by atoms with Gasteiger partial charge in [-0.1, -0.05) is 18.2 Å². The molecule has 0 unspecified atom stereocenters. The van der Waals surface area contributed by atoms with E-state index in [1.807, 2.05) is 6.07 Å². The fourth-order valence-electron chi connectivity index (χ4n) is 1.78. The van der Waals surface area contributed by atoms with Crippen molar-refractivity contribution in [3.05, 3.63) is 57.5 Å². The van der Waals surface area contributed by atoms with E-state index in [-0.39, 0.29) is 0 Å². The number of rotatable bonds is 3. The molecule has 0 N–H and O–H groups in total. The first kappa shape index (κ1) is 12.7. The Morgan fingerprint density at radius 3 is 2.18 bits per heavy atom. The van der Waals surface area contributed by atoms with Crippen LogP contribution in [-0.4, -0.2) is 6.54 Å². The molecule has 1 nitrogen and oxygen atoms in total. The standard InChI is InChI=1S/C14H13Br2N/c1-2-17(11-6-4-3-5-7-11)12-8-9-13(15)14(16)10-12/h3-10H,2H2,1H3. The molecule has 0 atom stereocenters. The molecule has 2 aromatic carbocycles. The molecule has 0 aliphatic rings. The number of benzene rings is 2. The Kier molecular flexibility index (Phi) is 4.24. The van der Waals surface area contributed by atoms with Gasteiger partial charge in [0.1, 0.15) is 0 Å². The van der Waals surface area contributed by atoms with Crippen LogP contribution < -0.4 is 4.90 Å². The number of anilines is 2. The number of hydrogen-bond donors (Lipinski definition) is 0. The molecular weight excluding hydrogens is 342 g/mol. The molecule has 17 heavy (non-hydrogen) atoms. The highest BCUT2D eigenvalue weighted by molar-refractivity contribution is 9.13. The van der Waals surface area contributed by atoms with Crippen LogP contribution in [-0.2, 0) is 0 Å². The van der Waals surface area contributed by atoms with Crippen molar-refractivity contribution in [2.45, 2.75) is 6.92 Å². The van der Waals surface area contributed by atoms with Crippen molar-refractivity contribution in [3.8, 4) is 0 Å². The van der Waals surface area contributed by atoms with Crippen molar-refractivity contribution in [2.75, 3.05) is 11.4 Å². The van der Waals surface area contributed by atoms with Crippen molar-refractivity contribution < 1.29 is 0 Å². The van der Waals surface area contributed by atoms with Crippen LogP contribution >= 0.6 is 31.9 Å². The van der Waals surface area contributed by atoms with Crippen molar-refractivity contribution in [1.29, 1.82) is 0 Å². The topological polar surface area (TPSA) is 3.24 Å². The van der Waals surface area contributed by atoms with Gasteiger partial charge in [-0.05, 0) is 69.1 Å². The van der Waals surface area contributed by atoms with E-state index in [0.717, 1.165) is 15.5 Å². The van der Waals surface area contributed by atoms with Gasteiger partial charge in [-0.3, -0.25) is 0 Å². The predicted octanol–water partition coefficient (Wildman–Crippen LogP) is 5.37. The molecule has 88 valence electrons. The summed E-state index contributed by atoms with van der Waals surface area (Å²) < 4.78 is 2.15. The number of hydrogen-bond acceptors (Lipinski definition) is 1. The van der Waals surface area contributed by atoms with Gasteiger partial charge in [0.25, 0.3) is 0 Å². The van der Waals surface area contributed by atoms with Gasteiger partial charge >= 0.3 is 0 Å². The van der Waals surface area contributed by atoms with Gasteiger partial charge in [-0.25, -0.2) is 0 Å². The van der Waals surface area contributed by atoms with E-state index in [2.05, 4.69) is 86.1 Å². The summed E-state index contributed by atoms with van der Waals surface area (Å²) in [5, 5.41) is 0. The van der Waals surface area contributed by atoms with Gasteiger partial charge in [-0.2, -0.15) is 0 Å². The molecule has 0 saturated heterocycles. The molecule has 2 aromatic rings. The SMILES string of the molecule is CCN(c1ccccc1)c1ccc(Br)c(Br)c1. The van der Waals surface area contributed by atoms with Crippen LogP contribution in [0.2, 0.25) is 0 Å². The van der Waals surface area contributed by atoms with Gasteiger partial charge in [0, 0.05) is 26.9 Å². The van der Waals surface area contributed by atoms with E-state index >= 15 is 0 Å². The van der Waals surface area contributed by atoms with E-state index in [4.69, 9.17) is 0 Å². The van der Waals surface area contributed by atoms with Crippen LogP contribution in [0.4, 0.5) is 11.4 Å². The van der Waals surface area contributed by atoms with Crippen LogP contribution in [0.3, 0.4) is 0 Å². The Bertz CT molecular complexity index is 497. The summed E-state index contributed by atoms with van der Waals surface area (Å²) in [6, 6.07) is 16.7. The molecule has 0 fully saturated rings. The van der Waals surface area contributed by atoms with Crippen LogP contribution in [0.25, 0.3) is 0 Å². The molecule has 0 aliphatic heterocycles. The van der Waals surface area contributed by atoms with Crippen molar-refractivity contribution >= 4 is 43.2 Å². The highest BCUT2D eigenvalue weighted by atomic mass is 79.9. The number of para-hydroxylation sites is 1. The highest BCUT2D eigenvalue weighted by Gasteiger charge is 2.07. The van der Waals surface area contributed by atoms with E-state index < -0.39 is 0 Å². The average Bonchev–Trinajstić information content (AvgIpc) is 2.36. The van der Waals surface area contributed by atoms with E-state index in [0.29, 0.717) is 0 Å². The third kappa shape index (κ3) is 2.90. The zero-order valence-electron chi connectivity index (χ0n) is 9.53. The molecule has 0 spiro atoms. The summed E-state index contributed by atoms with van der Waals surface area (Å²) >= 11 is 7.03. The van der Waals surface area contributed by atoms with Crippen LogP contribution in [0.15, 0.2) is 57.5 Å². The van der Waals surface area contributed by atoms with Gasteiger partial charge in [0.2, 0.25) is 0 Å². The molecule has 0 radical (unpaired) electrons. The van der Waals surface area contributed by atoms with Crippen molar-refractivity contribution in [3.63, 3.8) is 0 Å². The molecule has 0 heterocycles. The van der Waals surface area contributed by atoms with Gasteiger partial charge in [0.05, 0.1) is 0 Å². The lowest BCUT2D eigenvalue weighted by Gasteiger charge is -2.23. The third-order valence-electron chi connectivity index (χ3n) is 2.60. The smallest absolute Gasteiger partial charge is 0.0422 e. The zero-order valence-corrected chi connectivity index (χ0v) is 12.7. The summed E-state index contributed by atoms with van der Waals surface area (Å²) in [5.41, 5.74) is 2.40. The molecule has 3 heteroatoms. The summed E-state index contributed by atoms with van der Waals surface area (Å²) in [5.74, 6) is 0. The van der Waals surface area contributed by atoms with E-state index in [1.165, 1.54) is 11.4 Å². The fraction of sp³-hybridized carbons (Fsp3) is 0.143. The zero-order chi connectivity index (χ0) is 12.3. The van der Waals surface area contributed by atoms with Crippen LogP contribution in [0.1, 0.15) is 6.92 Å². The predicted molar refractivity (Wildman–Crippen MR) is 81.0 cm³/mol. The Morgan fingerprint density at radius 2 is 1.59 bits per heavy atom. The average molecular weight is 355 g/mol. The second kappa shape index (κ2) is 5.69. The molecular formula is C14H13Br2N. The quantitative estimate of drug-likeness (QED) is 0.716. The number of halogens is 2. The second-order valence-electron chi connectivity index (χ2n) is 3.68. The largest absolute Gasteiger partial charge is 0.342 e. The Labute approximate surface area is 119 Å². The Balaban J connectivity index is 2.39. The second-order valence-corrected chi connectivity index (χ2v) is 5.39. The van der Waals surface area contributed by atoms with Crippen LogP contribution in [0, 0.1) is 0 Å². The van der Waals surface area contributed by atoms with Gasteiger partial charge in [0.15, 0.2) is 0 Å². The highest BCUT2D eigenvalue weighted by Crippen LogP contribution is 2.31. The number of nitrogens with zero attached hydrogens (tertiary/aromatic N) is 1. The summed E-state index contributed by atoms with van der Waals surface area (Å²) in [7, 11) is 0. The first-order chi connectivity index (χ1) is 8.22. The Hall–Kier alpha value is -0.800. The lowest BCUT2D eigenvalue weighted by molar-refractivity contribution is 1.02. The maximum absolute atomic E-state index is 3.54. The van der Waals surface area contributed by atoms with Crippen molar-refractivity contribution in [1.82, 2.24) is 0 Å². The minimum atomic E-state index is 0.943. The maximum atomic E-state index is 3.54. The fourth-order valence-corrected chi connectivity index (χ4v) is 2.39. The maximum Gasteiger partial charge on any atom is 0.0422 e. The lowest BCUT2D eigenvalue weighted by atomic mass is 10.2. The first-order valence-electron chi connectivity index (χ1n) is 5.50. The van der Waals surface area contributed by atoms with Gasteiger partial charge < -0.3 is 4.90 Å². The van der Waals surface area contributed by atoms with E-state index in [9.17, 15) is 0 Å². The third-order valence-corrected chi connectivity index (χ3v) is 4.48. The Morgan fingerprint density at radius 1 is 0.882 bits per heavy atom. The monoisotopic (exact) mass is 353 g/mol. The first-order valence-corrected chi connectivity index (χ1v) is 7.08. The molecule has 0 amide bonds. The van der Waals surface area contributed by atoms with Crippen molar-refractivity contribution in [2.24, 2.45) is 0 Å². The molecule has 0 aromatic heterocycles. The van der Waals surface area contributed by atoms with Gasteiger partial charge in [-0.15, -0.1) is 0 Å².